The van der Waals surface area contributed by atoms with Gasteiger partial charge in [0, 0.05) is 5.56 Å². The molecule has 2 aromatic rings. The molecule has 0 N–H and O–H groups in total. The Morgan fingerprint density at radius 1 is 1.45 bits per heavy atom. The molecule has 0 aliphatic heterocycles. The van der Waals surface area contributed by atoms with Crippen molar-refractivity contribution in [1.82, 2.24) is 10.2 Å². The van der Waals surface area contributed by atoms with Gasteiger partial charge >= 0.3 is 0 Å². The van der Waals surface area contributed by atoms with Crippen LogP contribution in [0.1, 0.15) is 0 Å². The van der Waals surface area contributed by atoms with Crippen molar-refractivity contribution in [2.24, 2.45) is 0 Å². The zero-order valence-corrected chi connectivity index (χ0v) is 6.51. The van der Waals surface area contributed by atoms with E-state index in [2.05, 4.69) is 16.3 Å². The van der Waals surface area contributed by atoms with Gasteiger partial charge in [-0.2, -0.15) is 0 Å². The first-order chi connectivity index (χ1) is 5.47. The Bertz CT molecular complexity index is 315. The highest BCUT2D eigenvalue weighted by Gasteiger charge is 1.97. The molecular weight excluding hydrogens is 156 g/mol. The molecule has 1 heterocycles. The SMILES string of the molecule is [c]1cccc(-c2nncs2)c1. The van der Waals surface area contributed by atoms with Crippen LogP contribution in [0.2, 0.25) is 0 Å². The van der Waals surface area contributed by atoms with Gasteiger partial charge in [0.25, 0.3) is 0 Å². The van der Waals surface area contributed by atoms with Gasteiger partial charge in [-0.25, -0.2) is 0 Å². The Morgan fingerprint density at radius 3 is 3.09 bits per heavy atom. The van der Waals surface area contributed by atoms with Crippen LogP contribution in [0.25, 0.3) is 10.6 Å². The molecule has 0 fully saturated rings. The van der Waals surface area contributed by atoms with Gasteiger partial charge in [-0.05, 0) is 12.1 Å². The van der Waals surface area contributed by atoms with Crippen molar-refractivity contribution in [3.63, 3.8) is 0 Å². The molecule has 3 heteroatoms. The molecule has 0 aliphatic rings. The number of hydrogen-bond acceptors (Lipinski definition) is 3. The minimum Gasteiger partial charge on any atom is -0.147 e. The topological polar surface area (TPSA) is 25.8 Å². The summed E-state index contributed by atoms with van der Waals surface area (Å²) in [5, 5.41) is 8.63. The van der Waals surface area contributed by atoms with Crippen LogP contribution < -0.4 is 0 Å². The molecule has 0 aliphatic carbocycles. The lowest BCUT2D eigenvalue weighted by molar-refractivity contribution is 1.10. The molecule has 0 spiro atoms. The molecule has 1 radical (unpaired) electrons. The number of aromatic nitrogens is 2. The first-order valence-corrected chi connectivity index (χ1v) is 4.07. The van der Waals surface area contributed by atoms with Crippen molar-refractivity contribution in [3.8, 4) is 10.6 Å². The van der Waals surface area contributed by atoms with Crippen molar-refractivity contribution >= 4 is 11.3 Å². The van der Waals surface area contributed by atoms with Crippen LogP contribution in [0.3, 0.4) is 0 Å². The van der Waals surface area contributed by atoms with Crippen molar-refractivity contribution < 1.29 is 0 Å². The highest BCUT2D eigenvalue weighted by atomic mass is 32.1. The minimum absolute atomic E-state index is 0.946. The Labute approximate surface area is 68.5 Å². The van der Waals surface area contributed by atoms with Crippen LogP contribution in [0.15, 0.2) is 29.8 Å². The Hall–Kier alpha value is -1.22. The lowest BCUT2D eigenvalue weighted by atomic mass is 10.2. The van der Waals surface area contributed by atoms with Gasteiger partial charge in [0.15, 0.2) is 0 Å². The summed E-state index contributed by atoms with van der Waals surface area (Å²) in [5.41, 5.74) is 2.80. The maximum atomic E-state index is 3.94. The second kappa shape index (κ2) is 2.80. The highest BCUT2D eigenvalue weighted by Crippen LogP contribution is 2.18. The number of hydrogen-bond donors (Lipinski definition) is 0. The predicted molar refractivity (Wildman–Crippen MR) is 44.2 cm³/mol. The van der Waals surface area contributed by atoms with E-state index >= 15 is 0 Å². The molecule has 11 heavy (non-hydrogen) atoms. The van der Waals surface area contributed by atoms with Crippen molar-refractivity contribution in [2.45, 2.75) is 0 Å². The lowest BCUT2D eigenvalue weighted by Gasteiger charge is -1.90. The highest BCUT2D eigenvalue weighted by molar-refractivity contribution is 7.12. The maximum Gasteiger partial charge on any atom is 0.147 e. The van der Waals surface area contributed by atoms with E-state index in [1.807, 2.05) is 24.3 Å². The van der Waals surface area contributed by atoms with Gasteiger partial charge in [0.1, 0.15) is 10.5 Å². The number of rotatable bonds is 1. The zero-order chi connectivity index (χ0) is 7.52. The lowest BCUT2D eigenvalue weighted by Crippen LogP contribution is -1.74. The quantitative estimate of drug-likeness (QED) is 0.639. The second-order valence-electron chi connectivity index (χ2n) is 2.04. The molecule has 2 rings (SSSR count). The number of benzene rings is 1. The van der Waals surface area contributed by atoms with E-state index in [1.165, 1.54) is 11.3 Å². The normalized spacial score (nSPS) is 9.82. The van der Waals surface area contributed by atoms with Gasteiger partial charge in [0.2, 0.25) is 0 Å². The molecule has 0 saturated heterocycles. The molecule has 1 aromatic heterocycles. The summed E-state index contributed by atoms with van der Waals surface area (Å²) in [6.07, 6.45) is 0. The largest absolute Gasteiger partial charge is 0.147 e. The summed E-state index contributed by atoms with van der Waals surface area (Å²) < 4.78 is 0. The Kier molecular flexibility index (Phi) is 1.65. The van der Waals surface area contributed by atoms with Crippen molar-refractivity contribution in [2.75, 3.05) is 0 Å². The summed E-state index contributed by atoms with van der Waals surface area (Å²) in [6, 6.07) is 10.7. The average molecular weight is 161 g/mol. The molecular formula is C8H5N2S. The van der Waals surface area contributed by atoms with E-state index < -0.39 is 0 Å². The van der Waals surface area contributed by atoms with E-state index in [9.17, 15) is 0 Å². The fourth-order valence-electron chi connectivity index (χ4n) is 0.825. The summed E-state index contributed by atoms with van der Waals surface area (Å²) in [5.74, 6) is 0. The van der Waals surface area contributed by atoms with Crippen LogP contribution in [0, 0.1) is 6.07 Å². The van der Waals surface area contributed by atoms with E-state index in [-0.39, 0.29) is 0 Å². The summed E-state index contributed by atoms with van der Waals surface area (Å²) in [6.45, 7) is 0. The van der Waals surface area contributed by atoms with Crippen LogP contribution in [0.4, 0.5) is 0 Å². The number of nitrogens with zero attached hydrogens (tertiary/aromatic N) is 2. The minimum atomic E-state index is 0.946. The van der Waals surface area contributed by atoms with Crippen LogP contribution in [-0.2, 0) is 0 Å². The van der Waals surface area contributed by atoms with E-state index in [0.717, 1.165) is 10.6 Å². The van der Waals surface area contributed by atoms with Crippen LogP contribution in [-0.4, -0.2) is 10.2 Å². The molecule has 0 amide bonds. The first kappa shape index (κ1) is 6.49. The monoisotopic (exact) mass is 161 g/mol. The van der Waals surface area contributed by atoms with E-state index in [4.69, 9.17) is 0 Å². The third-order valence-electron chi connectivity index (χ3n) is 1.31. The maximum absolute atomic E-state index is 3.94. The third kappa shape index (κ3) is 1.28. The Balaban J connectivity index is 2.46. The van der Waals surface area contributed by atoms with E-state index in [0.29, 0.717) is 0 Å². The fraction of sp³-hybridized carbons (Fsp3) is 0. The van der Waals surface area contributed by atoms with Crippen LogP contribution >= 0.6 is 11.3 Å². The predicted octanol–water partition coefficient (Wildman–Crippen LogP) is 2.01. The molecule has 53 valence electrons. The summed E-state index contributed by atoms with van der Waals surface area (Å²) >= 11 is 1.53. The van der Waals surface area contributed by atoms with Crippen molar-refractivity contribution in [3.05, 3.63) is 35.8 Å². The van der Waals surface area contributed by atoms with E-state index in [1.54, 1.807) is 5.51 Å². The Morgan fingerprint density at radius 2 is 2.45 bits per heavy atom. The third-order valence-corrected chi connectivity index (χ3v) is 2.05. The van der Waals surface area contributed by atoms with Gasteiger partial charge in [-0.15, -0.1) is 10.2 Å². The molecule has 0 saturated carbocycles. The standard InChI is InChI=1S/C8H5N2S/c1-2-4-7(5-3-1)8-10-9-6-11-8/h1-2,4-6H. The van der Waals surface area contributed by atoms with Gasteiger partial charge in [0.05, 0.1) is 0 Å². The molecule has 2 nitrogen and oxygen atoms in total. The van der Waals surface area contributed by atoms with Gasteiger partial charge < -0.3 is 0 Å². The average Bonchev–Trinajstić information content (AvgIpc) is 2.58. The molecule has 0 unspecified atom stereocenters. The van der Waals surface area contributed by atoms with Gasteiger partial charge in [-0.1, -0.05) is 29.5 Å². The summed E-state index contributed by atoms with van der Waals surface area (Å²) in [4.78, 5) is 0. The van der Waals surface area contributed by atoms with Crippen molar-refractivity contribution in [1.29, 1.82) is 0 Å². The molecule has 0 bridgehead atoms. The summed E-state index contributed by atoms with van der Waals surface area (Å²) in [7, 11) is 0. The van der Waals surface area contributed by atoms with Crippen LogP contribution in [0.5, 0.6) is 0 Å². The molecule has 1 aromatic carbocycles. The molecule has 0 atom stereocenters. The smallest absolute Gasteiger partial charge is 0.147 e. The fourth-order valence-corrected chi connectivity index (χ4v) is 1.38. The first-order valence-electron chi connectivity index (χ1n) is 3.19. The van der Waals surface area contributed by atoms with Gasteiger partial charge in [-0.3, -0.25) is 0 Å². The second-order valence-corrected chi connectivity index (χ2v) is 2.87. The zero-order valence-electron chi connectivity index (χ0n) is 5.69.